The molecule has 2 aromatic carbocycles. The minimum atomic E-state index is -1.33. The van der Waals surface area contributed by atoms with Crippen LogP contribution < -0.4 is 26.0 Å². The molecule has 13 nitrogen and oxygen atoms in total. The molecule has 1 aliphatic rings. The van der Waals surface area contributed by atoms with Crippen LogP contribution in [0.25, 0.3) is 6.08 Å². The third-order valence-corrected chi connectivity index (χ3v) is 7.21. The molecule has 13 heteroatoms. The number of nitrogens with one attached hydrogen (secondary N) is 4. The van der Waals surface area contributed by atoms with Gasteiger partial charge in [-0.3, -0.25) is 24.1 Å². The number of hydrogen-bond acceptors (Lipinski definition) is 9. The highest BCUT2D eigenvalue weighted by Gasteiger charge is 2.31. The van der Waals surface area contributed by atoms with E-state index in [1.807, 2.05) is 62.9 Å². The van der Waals surface area contributed by atoms with Gasteiger partial charge in [-0.1, -0.05) is 42.0 Å². The van der Waals surface area contributed by atoms with Gasteiger partial charge < -0.3 is 35.8 Å². The van der Waals surface area contributed by atoms with E-state index >= 15 is 0 Å². The first-order valence-corrected chi connectivity index (χ1v) is 15.8. The van der Waals surface area contributed by atoms with Crippen molar-refractivity contribution >= 4 is 29.7 Å². The second-order valence-electron chi connectivity index (χ2n) is 12.7. The number of amides is 4. The fourth-order valence-corrected chi connectivity index (χ4v) is 4.65. The van der Waals surface area contributed by atoms with Crippen molar-refractivity contribution in [1.29, 1.82) is 5.26 Å². The molecule has 0 aliphatic carbocycles. The number of aliphatic hydroxyl groups is 1. The Morgan fingerprint density at radius 1 is 1.06 bits per heavy atom. The predicted octanol–water partition coefficient (Wildman–Crippen LogP) is 1.19. The maximum absolute atomic E-state index is 13.4. The van der Waals surface area contributed by atoms with Gasteiger partial charge in [0.2, 0.25) is 17.7 Å². The quantitative estimate of drug-likeness (QED) is 0.147. The lowest BCUT2D eigenvalue weighted by Crippen LogP contribution is -2.59. The second kappa shape index (κ2) is 18.0. The Kier molecular flexibility index (Phi) is 14.1. The van der Waals surface area contributed by atoms with E-state index in [9.17, 15) is 29.5 Å². The largest absolute Gasteiger partial charge is 0.491 e. The van der Waals surface area contributed by atoms with E-state index in [0.717, 1.165) is 11.1 Å². The predicted molar refractivity (Wildman–Crippen MR) is 179 cm³/mol. The summed E-state index contributed by atoms with van der Waals surface area (Å²) in [6.45, 7) is 10.8. The molecule has 4 amide bonds. The van der Waals surface area contributed by atoms with Crippen molar-refractivity contribution in [2.75, 3.05) is 39.5 Å². The molecule has 3 atom stereocenters. The Labute approximate surface area is 281 Å². The third-order valence-electron chi connectivity index (χ3n) is 7.21. The first-order chi connectivity index (χ1) is 22.7. The zero-order valence-corrected chi connectivity index (χ0v) is 28.2. The number of hydrogen-bond donors (Lipinski definition) is 5. The van der Waals surface area contributed by atoms with E-state index in [1.165, 1.54) is 13.0 Å². The third kappa shape index (κ3) is 12.8. The van der Waals surface area contributed by atoms with Crippen LogP contribution in [0.1, 0.15) is 44.4 Å². The second-order valence-corrected chi connectivity index (χ2v) is 12.7. The first kappa shape index (κ1) is 37.7. The highest BCUT2D eigenvalue weighted by atomic mass is 16.5. The fourth-order valence-electron chi connectivity index (χ4n) is 4.65. The maximum Gasteiger partial charge on any atom is 0.262 e. The summed E-state index contributed by atoms with van der Waals surface area (Å²) in [6, 6.07) is 13.5. The number of benzene rings is 2. The van der Waals surface area contributed by atoms with E-state index in [4.69, 9.17) is 9.47 Å². The molecule has 2 aromatic rings. The van der Waals surface area contributed by atoms with E-state index in [0.29, 0.717) is 37.6 Å². The number of carbonyl (C=O) groups is 4. The van der Waals surface area contributed by atoms with Crippen molar-refractivity contribution < 1.29 is 33.8 Å². The highest BCUT2D eigenvalue weighted by molar-refractivity contribution is 6.02. The normalized spacial score (nSPS) is 15.6. The molecule has 0 radical (unpaired) electrons. The summed E-state index contributed by atoms with van der Waals surface area (Å²) in [5.74, 6) is -1.97. The van der Waals surface area contributed by atoms with Gasteiger partial charge in [0.1, 0.15) is 36.1 Å². The number of carbonyl (C=O) groups excluding carboxylic acids is 4. The van der Waals surface area contributed by atoms with Crippen molar-refractivity contribution in [3.63, 3.8) is 0 Å². The molecule has 258 valence electrons. The fraction of sp³-hybridized carbons (Fsp3) is 0.457. The molecule has 0 unspecified atom stereocenters. The minimum Gasteiger partial charge on any atom is -0.491 e. The molecule has 1 fully saturated rings. The summed E-state index contributed by atoms with van der Waals surface area (Å²) in [5.41, 5.74) is 1.80. The number of morpholine rings is 1. The van der Waals surface area contributed by atoms with Crippen LogP contribution in [0.15, 0.2) is 54.1 Å². The molecule has 0 spiro atoms. The molecule has 5 N–H and O–H groups in total. The van der Waals surface area contributed by atoms with Gasteiger partial charge in [0, 0.05) is 25.2 Å². The number of aryl methyl sites for hydroxylation is 1. The number of aliphatic hydroxyl groups excluding tert-OH is 1. The molecule has 3 rings (SSSR count). The van der Waals surface area contributed by atoms with Crippen molar-refractivity contribution in [3.8, 4) is 11.8 Å². The van der Waals surface area contributed by atoms with Gasteiger partial charge in [-0.15, -0.1) is 0 Å². The molecule has 0 saturated carbocycles. The number of nitriles is 1. The van der Waals surface area contributed by atoms with Crippen LogP contribution in [-0.2, 0) is 30.5 Å². The Hall–Kier alpha value is -4.77. The van der Waals surface area contributed by atoms with Gasteiger partial charge in [-0.25, -0.2) is 0 Å². The van der Waals surface area contributed by atoms with Crippen LogP contribution in [0.2, 0.25) is 0 Å². The van der Waals surface area contributed by atoms with Crippen molar-refractivity contribution in [2.45, 2.75) is 64.9 Å². The lowest BCUT2D eigenvalue weighted by molar-refractivity contribution is -0.135. The van der Waals surface area contributed by atoms with Crippen LogP contribution in [0.3, 0.4) is 0 Å². The number of ether oxygens (including phenoxy) is 2. The summed E-state index contributed by atoms with van der Waals surface area (Å²) in [7, 11) is 0. The lowest BCUT2D eigenvalue weighted by atomic mass is 10.1. The van der Waals surface area contributed by atoms with E-state index in [2.05, 4.69) is 21.3 Å². The Morgan fingerprint density at radius 2 is 1.75 bits per heavy atom. The Morgan fingerprint density at radius 3 is 2.38 bits per heavy atom. The van der Waals surface area contributed by atoms with E-state index in [1.54, 1.807) is 24.3 Å². The SMILES string of the molecule is Cc1ccc(CNC(=O)[C@H](COc2cccc(C=C(C#N)C(=O)NC(C)(C)C)c2)NC(=O)[C@@H](NC(=O)CN2CCOCC2)[C@@H](C)O)cc1. The van der Waals surface area contributed by atoms with Gasteiger partial charge in [-0.2, -0.15) is 5.26 Å². The molecule has 48 heavy (non-hydrogen) atoms. The highest BCUT2D eigenvalue weighted by Crippen LogP contribution is 2.17. The molecular weight excluding hydrogens is 616 g/mol. The van der Waals surface area contributed by atoms with E-state index in [-0.39, 0.29) is 25.3 Å². The maximum atomic E-state index is 13.4. The van der Waals surface area contributed by atoms with Crippen LogP contribution in [0.5, 0.6) is 5.75 Å². The Balaban J connectivity index is 1.75. The average molecular weight is 663 g/mol. The zero-order chi connectivity index (χ0) is 35.3. The topological polar surface area (TPSA) is 182 Å². The van der Waals surface area contributed by atoms with Gasteiger partial charge >= 0.3 is 0 Å². The summed E-state index contributed by atoms with van der Waals surface area (Å²) in [5, 5.41) is 30.7. The van der Waals surface area contributed by atoms with Gasteiger partial charge in [-0.05, 0) is 64.0 Å². The van der Waals surface area contributed by atoms with Crippen LogP contribution in [0, 0.1) is 18.3 Å². The number of nitrogens with zero attached hydrogens (tertiary/aromatic N) is 2. The minimum absolute atomic E-state index is 0.0274. The van der Waals surface area contributed by atoms with Crippen LogP contribution in [0.4, 0.5) is 0 Å². The van der Waals surface area contributed by atoms with E-state index < -0.39 is 47.4 Å². The molecule has 1 heterocycles. The van der Waals surface area contributed by atoms with Crippen LogP contribution >= 0.6 is 0 Å². The number of rotatable bonds is 14. The summed E-state index contributed by atoms with van der Waals surface area (Å²) in [4.78, 5) is 54.0. The van der Waals surface area contributed by atoms with Gasteiger partial charge in [0.15, 0.2) is 0 Å². The molecule has 1 saturated heterocycles. The summed E-state index contributed by atoms with van der Waals surface area (Å²) >= 11 is 0. The summed E-state index contributed by atoms with van der Waals surface area (Å²) in [6.07, 6.45) is 0.165. The monoisotopic (exact) mass is 662 g/mol. The van der Waals surface area contributed by atoms with Gasteiger partial charge in [0.25, 0.3) is 5.91 Å². The molecule has 0 bridgehead atoms. The zero-order valence-electron chi connectivity index (χ0n) is 28.2. The standard InChI is InChI=1S/C35H46N6O7/c1-23-9-11-25(12-10-23)20-37-33(45)29(38-34(46)31(24(2)42)39-30(43)21-41-13-15-47-16-14-41)22-48-28-8-6-7-26(18-28)17-27(19-36)32(44)40-35(3,4)5/h6-12,17-18,24,29,31,42H,13-16,20-22H2,1-5H3,(H,37,45)(H,38,46)(H,39,43)(H,40,44)/t24-,29+,31+/m1/s1. The molecular formula is C35H46N6O7. The average Bonchev–Trinajstić information content (AvgIpc) is 3.03. The first-order valence-electron chi connectivity index (χ1n) is 15.8. The molecule has 0 aromatic heterocycles. The summed E-state index contributed by atoms with van der Waals surface area (Å²) < 4.78 is 11.2. The van der Waals surface area contributed by atoms with Crippen LogP contribution in [-0.4, -0.2) is 96.8 Å². The van der Waals surface area contributed by atoms with Crippen molar-refractivity contribution in [1.82, 2.24) is 26.2 Å². The lowest BCUT2D eigenvalue weighted by Gasteiger charge is -2.28. The molecule has 1 aliphatic heterocycles. The smallest absolute Gasteiger partial charge is 0.262 e. The van der Waals surface area contributed by atoms with Crippen molar-refractivity contribution in [2.24, 2.45) is 0 Å². The van der Waals surface area contributed by atoms with Crippen molar-refractivity contribution in [3.05, 3.63) is 70.8 Å². The Bertz CT molecular complexity index is 1490. The van der Waals surface area contributed by atoms with Gasteiger partial charge in [0.05, 0.1) is 25.9 Å².